The predicted octanol–water partition coefficient (Wildman–Crippen LogP) is 1.78. The monoisotopic (exact) mass is 264 g/mol. The largest absolute Gasteiger partial charge is 0.478 e. The van der Waals surface area contributed by atoms with Gasteiger partial charge in [0.15, 0.2) is 5.65 Å². The summed E-state index contributed by atoms with van der Waals surface area (Å²) in [5.74, 6) is 1.34. The van der Waals surface area contributed by atoms with Gasteiger partial charge in [-0.05, 0) is 25.8 Å². The number of nitrogens with two attached hydrogens (primary N) is 1. The van der Waals surface area contributed by atoms with Crippen molar-refractivity contribution in [2.45, 2.75) is 25.8 Å². The molecule has 0 amide bonds. The summed E-state index contributed by atoms with van der Waals surface area (Å²) in [6.45, 7) is 3.22. The Morgan fingerprint density at radius 3 is 2.95 bits per heavy atom. The number of hydrogen-bond acceptors (Lipinski definition) is 5. The molecule has 3 N–H and O–H groups in total. The van der Waals surface area contributed by atoms with Crippen LogP contribution in [0.15, 0.2) is 12.1 Å². The van der Waals surface area contributed by atoms with Gasteiger partial charge < -0.3 is 20.2 Å². The standard InChI is InChI=1S/C13H20N4O2/c1-3-19-11-7-6-10-13(16-11)17-12(15-10)9(14)5-4-8-18-2/h6-7,9H,3-5,8,14H2,1-2H3,(H,15,16,17). The SMILES string of the molecule is CCOc1ccc2[nH]c(C(N)CCCOC)nc2n1. The summed E-state index contributed by atoms with van der Waals surface area (Å²) in [6.07, 6.45) is 1.73. The molecule has 2 aromatic rings. The van der Waals surface area contributed by atoms with E-state index in [1.807, 2.05) is 19.1 Å². The van der Waals surface area contributed by atoms with Crippen LogP contribution in [0, 0.1) is 0 Å². The Morgan fingerprint density at radius 1 is 1.37 bits per heavy atom. The van der Waals surface area contributed by atoms with E-state index in [-0.39, 0.29) is 6.04 Å². The molecule has 0 aliphatic heterocycles. The third-order valence-electron chi connectivity index (χ3n) is 2.85. The summed E-state index contributed by atoms with van der Waals surface area (Å²) < 4.78 is 10.4. The van der Waals surface area contributed by atoms with Gasteiger partial charge in [-0.2, -0.15) is 4.98 Å². The summed E-state index contributed by atoms with van der Waals surface area (Å²) in [5.41, 5.74) is 7.61. The lowest BCUT2D eigenvalue weighted by Crippen LogP contribution is -2.12. The van der Waals surface area contributed by atoms with E-state index in [0.717, 1.165) is 24.2 Å². The van der Waals surface area contributed by atoms with Crippen molar-refractivity contribution in [3.05, 3.63) is 18.0 Å². The number of methoxy groups -OCH3 is 1. The van der Waals surface area contributed by atoms with E-state index in [9.17, 15) is 0 Å². The maximum atomic E-state index is 6.09. The Bertz CT molecular complexity index is 526. The molecule has 2 heterocycles. The van der Waals surface area contributed by atoms with Crippen LogP contribution < -0.4 is 10.5 Å². The van der Waals surface area contributed by atoms with Gasteiger partial charge in [0.05, 0.1) is 18.2 Å². The van der Waals surface area contributed by atoms with Crippen molar-refractivity contribution in [2.24, 2.45) is 5.73 Å². The van der Waals surface area contributed by atoms with E-state index < -0.39 is 0 Å². The van der Waals surface area contributed by atoms with Crippen LogP contribution in [-0.2, 0) is 4.74 Å². The predicted molar refractivity (Wildman–Crippen MR) is 73.1 cm³/mol. The number of imidazole rings is 1. The number of rotatable bonds is 7. The van der Waals surface area contributed by atoms with Gasteiger partial charge in [0, 0.05) is 19.8 Å². The molecule has 0 bridgehead atoms. The Labute approximate surface area is 112 Å². The maximum Gasteiger partial charge on any atom is 0.215 e. The molecule has 6 nitrogen and oxygen atoms in total. The van der Waals surface area contributed by atoms with Gasteiger partial charge in [0.25, 0.3) is 0 Å². The molecule has 6 heteroatoms. The van der Waals surface area contributed by atoms with Crippen molar-refractivity contribution in [1.29, 1.82) is 0 Å². The third kappa shape index (κ3) is 3.42. The Morgan fingerprint density at radius 2 is 2.21 bits per heavy atom. The van der Waals surface area contributed by atoms with E-state index in [0.29, 0.717) is 24.7 Å². The number of fused-ring (bicyclic) bond motifs is 1. The first-order chi connectivity index (χ1) is 9.24. The zero-order valence-electron chi connectivity index (χ0n) is 11.3. The Balaban J connectivity index is 2.11. The fourth-order valence-electron chi connectivity index (χ4n) is 1.88. The van der Waals surface area contributed by atoms with Crippen molar-refractivity contribution < 1.29 is 9.47 Å². The lowest BCUT2D eigenvalue weighted by molar-refractivity contribution is 0.190. The number of H-pyrrole nitrogens is 1. The number of hydrogen-bond donors (Lipinski definition) is 2. The molecule has 0 saturated carbocycles. The van der Waals surface area contributed by atoms with Crippen molar-refractivity contribution >= 4 is 11.2 Å². The smallest absolute Gasteiger partial charge is 0.215 e. The lowest BCUT2D eigenvalue weighted by atomic mass is 10.1. The summed E-state index contributed by atoms with van der Waals surface area (Å²) in [7, 11) is 1.69. The van der Waals surface area contributed by atoms with Crippen molar-refractivity contribution in [2.75, 3.05) is 20.3 Å². The maximum absolute atomic E-state index is 6.09. The lowest BCUT2D eigenvalue weighted by Gasteiger charge is -2.07. The minimum absolute atomic E-state index is 0.125. The second-order valence-electron chi connectivity index (χ2n) is 4.32. The normalized spacial score (nSPS) is 12.8. The minimum Gasteiger partial charge on any atom is -0.478 e. The van der Waals surface area contributed by atoms with Crippen LogP contribution in [0.1, 0.15) is 31.6 Å². The van der Waals surface area contributed by atoms with Crippen molar-refractivity contribution in [1.82, 2.24) is 15.0 Å². The van der Waals surface area contributed by atoms with E-state index in [1.54, 1.807) is 7.11 Å². The van der Waals surface area contributed by atoms with Gasteiger partial charge in [-0.1, -0.05) is 0 Å². The molecule has 104 valence electrons. The fraction of sp³-hybridized carbons (Fsp3) is 0.538. The molecule has 0 aromatic carbocycles. The molecular formula is C13H20N4O2. The number of ether oxygens (including phenoxy) is 2. The van der Waals surface area contributed by atoms with Crippen LogP contribution in [0.3, 0.4) is 0 Å². The molecule has 2 rings (SSSR count). The number of nitrogens with zero attached hydrogens (tertiary/aromatic N) is 2. The van der Waals surface area contributed by atoms with Gasteiger partial charge in [-0.25, -0.2) is 4.98 Å². The molecule has 0 aliphatic rings. The highest BCUT2D eigenvalue weighted by molar-refractivity contribution is 5.71. The quantitative estimate of drug-likeness (QED) is 0.744. The molecule has 0 aliphatic carbocycles. The number of pyridine rings is 1. The van der Waals surface area contributed by atoms with Gasteiger partial charge >= 0.3 is 0 Å². The average Bonchev–Trinajstić information content (AvgIpc) is 2.82. The topological polar surface area (TPSA) is 86.0 Å². The molecule has 0 saturated heterocycles. The number of nitrogens with one attached hydrogen (secondary N) is 1. The highest BCUT2D eigenvalue weighted by Gasteiger charge is 2.12. The molecule has 1 unspecified atom stereocenters. The first-order valence-corrected chi connectivity index (χ1v) is 6.48. The summed E-state index contributed by atoms with van der Waals surface area (Å²) in [4.78, 5) is 11.9. The van der Waals surface area contributed by atoms with Crippen LogP contribution in [-0.4, -0.2) is 35.3 Å². The molecule has 0 radical (unpaired) electrons. The zero-order valence-corrected chi connectivity index (χ0v) is 11.3. The minimum atomic E-state index is -0.125. The van der Waals surface area contributed by atoms with Crippen LogP contribution in [0.25, 0.3) is 11.2 Å². The van der Waals surface area contributed by atoms with Crippen molar-refractivity contribution in [3.63, 3.8) is 0 Å². The highest BCUT2D eigenvalue weighted by Crippen LogP contribution is 2.19. The molecule has 0 fully saturated rings. The highest BCUT2D eigenvalue weighted by atomic mass is 16.5. The van der Waals surface area contributed by atoms with E-state index in [4.69, 9.17) is 15.2 Å². The Hall–Kier alpha value is -1.66. The molecule has 0 spiro atoms. The second kappa shape index (κ2) is 6.49. The second-order valence-corrected chi connectivity index (χ2v) is 4.32. The van der Waals surface area contributed by atoms with E-state index in [2.05, 4.69) is 15.0 Å². The first-order valence-electron chi connectivity index (χ1n) is 6.48. The van der Waals surface area contributed by atoms with Crippen LogP contribution >= 0.6 is 0 Å². The Kier molecular flexibility index (Phi) is 4.70. The average molecular weight is 264 g/mol. The van der Waals surface area contributed by atoms with E-state index in [1.165, 1.54) is 0 Å². The molecule has 19 heavy (non-hydrogen) atoms. The van der Waals surface area contributed by atoms with Crippen LogP contribution in [0.4, 0.5) is 0 Å². The summed E-state index contributed by atoms with van der Waals surface area (Å²) >= 11 is 0. The van der Waals surface area contributed by atoms with Gasteiger partial charge in [0.1, 0.15) is 5.82 Å². The summed E-state index contributed by atoms with van der Waals surface area (Å²) in [5, 5.41) is 0. The van der Waals surface area contributed by atoms with Gasteiger partial charge in [-0.15, -0.1) is 0 Å². The van der Waals surface area contributed by atoms with E-state index >= 15 is 0 Å². The van der Waals surface area contributed by atoms with Crippen LogP contribution in [0.5, 0.6) is 5.88 Å². The molecule has 2 aromatic heterocycles. The first kappa shape index (κ1) is 13.8. The molecular weight excluding hydrogens is 244 g/mol. The molecule has 1 atom stereocenters. The van der Waals surface area contributed by atoms with Crippen LogP contribution in [0.2, 0.25) is 0 Å². The van der Waals surface area contributed by atoms with Gasteiger partial charge in [0.2, 0.25) is 5.88 Å². The van der Waals surface area contributed by atoms with Crippen molar-refractivity contribution in [3.8, 4) is 5.88 Å². The summed E-state index contributed by atoms with van der Waals surface area (Å²) in [6, 6.07) is 3.61. The third-order valence-corrected chi connectivity index (χ3v) is 2.85. The number of aromatic nitrogens is 3. The number of aromatic amines is 1. The zero-order chi connectivity index (χ0) is 13.7. The van der Waals surface area contributed by atoms with Gasteiger partial charge in [-0.3, -0.25) is 0 Å². The fourth-order valence-corrected chi connectivity index (χ4v) is 1.88.